The maximum absolute atomic E-state index is 12.5. The molecule has 0 heterocycles. The third-order valence-corrected chi connectivity index (χ3v) is 4.67. The number of hydrogen-bond donors (Lipinski definition) is 1. The highest BCUT2D eigenvalue weighted by Crippen LogP contribution is 2.29. The summed E-state index contributed by atoms with van der Waals surface area (Å²) in [5.74, 6) is 0.766. The van der Waals surface area contributed by atoms with Crippen LogP contribution >= 0.6 is 0 Å². The van der Waals surface area contributed by atoms with Gasteiger partial charge in [0.05, 0.1) is 14.2 Å². The number of nitrogens with one attached hydrogen (secondary N) is 1. The van der Waals surface area contributed by atoms with E-state index in [1.54, 1.807) is 12.1 Å². The van der Waals surface area contributed by atoms with Crippen LogP contribution in [0, 0.1) is 0 Å². The predicted octanol–water partition coefficient (Wildman–Crippen LogP) is 3.07. The van der Waals surface area contributed by atoms with E-state index in [0.717, 1.165) is 12.0 Å². The topological polar surface area (TPSA) is 64.6 Å². The summed E-state index contributed by atoms with van der Waals surface area (Å²) in [4.78, 5) is 0.0673. The molecule has 2 aromatic rings. The van der Waals surface area contributed by atoms with Crippen LogP contribution in [-0.4, -0.2) is 22.6 Å². The maximum Gasteiger partial charge on any atom is 0.265 e. The zero-order valence-corrected chi connectivity index (χ0v) is 13.6. The van der Waals surface area contributed by atoms with Gasteiger partial charge in [-0.05, 0) is 36.2 Å². The van der Waals surface area contributed by atoms with Crippen LogP contribution in [0.15, 0.2) is 47.4 Å². The van der Waals surface area contributed by atoms with Crippen LogP contribution in [0.1, 0.15) is 12.5 Å². The first-order chi connectivity index (χ1) is 10.5. The van der Waals surface area contributed by atoms with Gasteiger partial charge in [0.15, 0.2) is 0 Å². The summed E-state index contributed by atoms with van der Waals surface area (Å²) in [5.41, 5.74) is 1.58. The summed E-state index contributed by atoms with van der Waals surface area (Å²) < 4.78 is 37.9. The van der Waals surface area contributed by atoms with E-state index in [4.69, 9.17) is 9.47 Å². The number of anilines is 1. The first-order valence-electron chi connectivity index (χ1n) is 6.84. The quantitative estimate of drug-likeness (QED) is 0.888. The van der Waals surface area contributed by atoms with Gasteiger partial charge in [-0.1, -0.05) is 19.1 Å². The Balaban J connectivity index is 2.37. The second-order valence-corrected chi connectivity index (χ2v) is 6.33. The summed E-state index contributed by atoms with van der Waals surface area (Å²) in [5, 5.41) is 0. The highest BCUT2D eigenvalue weighted by atomic mass is 32.2. The van der Waals surface area contributed by atoms with Crippen LogP contribution in [0.4, 0.5) is 5.69 Å². The van der Waals surface area contributed by atoms with Gasteiger partial charge in [-0.25, -0.2) is 8.42 Å². The van der Waals surface area contributed by atoms with Crippen molar-refractivity contribution in [2.24, 2.45) is 0 Å². The van der Waals surface area contributed by atoms with E-state index in [1.807, 2.05) is 25.1 Å². The molecular weight excluding hydrogens is 302 g/mol. The third-order valence-electron chi connectivity index (χ3n) is 3.25. The van der Waals surface area contributed by atoms with Crippen molar-refractivity contribution in [2.75, 3.05) is 18.9 Å². The smallest absolute Gasteiger partial charge is 0.265 e. The molecule has 0 aliphatic carbocycles. The molecule has 2 rings (SSSR count). The lowest BCUT2D eigenvalue weighted by atomic mass is 10.1. The molecule has 0 aliphatic heterocycles. The fraction of sp³-hybridized carbons (Fsp3) is 0.250. The van der Waals surface area contributed by atoms with E-state index in [2.05, 4.69) is 4.72 Å². The number of aryl methyl sites for hydroxylation is 1. The zero-order valence-electron chi connectivity index (χ0n) is 12.8. The van der Waals surface area contributed by atoms with Gasteiger partial charge in [-0.15, -0.1) is 0 Å². The Labute approximate surface area is 130 Å². The standard InChI is InChI=1S/C16H19NO4S/c1-4-12-6-5-7-13(10-12)17-22(18,19)16-9-8-14(20-2)11-15(16)21-3/h5-11,17H,4H2,1-3H3. The van der Waals surface area contributed by atoms with Crippen molar-refractivity contribution in [3.05, 3.63) is 48.0 Å². The fourth-order valence-corrected chi connectivity index (χ4v) is 3.26. The Morgan fingerprint density at radius 1 is 1.05 bits per heavy atom. The first-order valence-corrected chi connectivity index (χ1v) is 8.32. The minimum absolute atomic E-state index is 0.0673. The van der Waals surface area contributed by atoms with Gasteiger partial charge in [0.2, 0.25) is 0 Å². The minimum Gasteiger partial charge on any atom is -0.497 e. The fourth-order valence-electron chi connectivity index (χ4n) is 2.06. The van der Waals surface area contributed by atoms with E-state index in [0.29, 0.717) is 11.4 Å². The molecule has 0 saturated heterocycles. The molecule has 0 bridgehead atoms. The molecule has 6 heteroatoms. The van der Waals surface area contributed by atoms with Crippen LogP contribution in [-0.2, 0) is 16.4 Å². The average molecular weight is 321 g/mol. The Morgan fingerprint density at radius 2 is 1.82 bits per heavy atom. The highest BCUT2D eigenvalue weighted by molar-refractivity contribution is 7.92. The second-order valence-electron chi connectivity index (χ2n) is 4.68. The number of ether oxygens (including phenoxy) is 2. The minimum atomic E-state index is -3.74. The summed E-state index contributed by atoms with van der Waals surface area (Å²) in [6.45, 7) is 2.01. The molecule has 2 aromatic carbocycles. The van der Waals surface area contributed by atoms with Crippen molar-refractivity contribution >= 4 is 15.7 Å². The Bertz CT molecular complexity index is 756. The molecule has 0 spiro atoms. The van der Waals surface area contributed by atoms with Crippen molar-refractivity contribution in [3.8, 4) is 11.5 Å². The number of benzene rings is 2. The largest absolute Gasteiger partial charge is 0.497 e. The molecule has 0 amide bonds. The lowest BCUT2D eigenvalue weighted by Gasteiger charge is -2.13. The van der Waals surface area contributed by atoms with Crippen molar-refractivity contribution < 1.29 is 17.9 Å². The summed E-state index contributed by atoms with van der Waals surface area (Å²) >= 11 is 0. The first kappa shape index (κ1) is 16.2. The number of rotatable bonds is 6. The summed E-state index contributed by atoms with van der Waals surface area (Å²) in [6, 6.07) is 11.9. The van der Waals surface area contributed by atoms with E-state index < -0.39 is 10.0 Å². The van der Waals surface area contributed by atoms with Crippen molar-refractivity contribution in [1.82, 2.24) is 0 Å². The third kappa shape index (κ3) is 3.51. The van der Waals surface area contributed by atoms with Gasteiger partial charge in [0, 0.05) is 11.8 Å². The maximum atomic E-state index is 12.5. The second kappa shape index (κ2) is 6.70. The van der Waals surface area contributed by atoms with Gasteiger partial charge in [-0.2, -0.15) is 0 Å². The normalized spacial score (nSPS) is 11.0. The van der Waals surface area contributed by atoms with Gasteiger partial charge in [0.25, 0.3) is 10.0 Å². The van der Waals surface area contributed by atoms with Crippen LogP contribution in [0.5, 0.6) is 11.5 Å². The number of methoxy groups -OCH3 is 2. The van der Waals surface area contributed by atoms with Crippen LogP contribution in [0.3, 0.4) is 0 Å². The van der Waals surface area contributed by atoms with E-state index >= 15 is 0 Å². The predicted molar refractivity (Wildman–Crippen MR) is 86.2 cm³/mol. The molecule has 5 nitrogen and oxygen atoms in total. The Kier molecular flexibility index (Phi) is 4.92. The zero-order chi connectivity index (χ0) is 16.2. The summed E-state index contributed by atoms with van der Waals surface area (Å²) in [6.07, 6.45) is 0.835. The van der Waals surface area contributed by atoms with Crippen molar-refractivity contribution in [3.63, 3.8) is 0 Å². The van der Waals surface area contributed by atoms with Crippen LogP contribution < -0.4 is 14.2 Å². The molecule has 0 saturated carbocycles. The SMILES string of the molecule is CCc1cccc(NS(=O)(=O)c2ccc(OC)cc2OC)c1. The molecule has 0 unspecified atom stereocenters. The Morgan fingerprint density at radius 3 is 2.45 bits per heavy atom. The molecule has 1 N–H and O–H groups in total. The van der Waals surface area contributed by atoms with E-state index in [-0.39, 0.29) is 10.6 Å². The van der Waals surface area contributed by atoms with E-state index in [1.165, 1.54) is 26.4 Å². The number of hydrogen-bond acceptors (Lipinski definition) is 4. The molecule has 0 radical (unpaired) electrons. The monoisotopic (exact) mass is 321 g/mol. The molecule has 22 heavy (non-hydrogen) atoms. The number of sulfonamides is 1. The van der Waals surface area contributed by atoms with Gasteiger partial charge in [-0.3, -0.25) is 4.72 Å². The molecule has 0 aliphatic rings. The van der Waals surface area contributed by atoms with Crippen molar-refractivity contribution in [1.29, 1.82) is 0 Å². The van der Waals surface area contributed by atoms with Gasteiger partial charge in [0.1, 0.15) is 16.4 Å². The molecular formula is C16H19NO4S. The highest BCUT2D eigenvalue weighted by Gasteiger charge is 2.20. The molecule has 0 aromatic heterocycles. The lowest BCUT2D eigenvalue weighted by Crippen LogP contribution is -2.14. The molecule has 118 valence electrons. The van der Waals surface area contributed by atoms with Crippen LogP contribution in [0.25, 0.3) is 0 Å². The van der Waals surface area contributed by atoms with Gasteiger partial charge >= 0.3 is 0 Å². The summed E-state index contributed by atoms with van der Waals surface area (Å²) in [7, 11) is -0.803. The Hall–Kier alpha value is -2.21. The molecule has 0 atom stereocenters. The van der Waals surface area contributed by atoms with Crippen molar-refractivity contribution in [2.45, 2.75) is 18.2 Å². The van der Waals surface area contributed by atoms with Crippen LogP contribution in [0.2, 0.25) is 0 Å². The molecule has 0 fully saturated rings. The van der Waals surface area contributed by atoms with Gasteiger partial charge < -0.3 is 9.47 Å². The van der Waals surface area contributed by atoms with E-state index in [9.17, 15) is 8.42 Å². The lowest BCUT2D eigenvalue weighted by molar-refractivity contribution is 0.386. The average Bonchev–Trinajstić information content (AvgIpc) is 2.53.